The number of hydrogen-bond donors (Lipinski definition) is 3. The van der Waals surface area contributed by atoms with Crippen LogP contribution in [0.15, 0.2) is 44.6 Å². The van der Waals surface area contributed by atoms with Gasteiger partial charge in [0.25, 0.3) is 16.9 Å². The Kier molecular flexibility index (Phi) is 6.95. The molecule has 0 spiro atoms. The summed E-state index contributed by atoms with van der Waals surface area (Å²) in [6.07, 6.45) is 1.37. The van der Waals surface area contributed by atoms with E-state index in [1.54, 1.807) is 6.07 Å². The number of carbonyl (C=O) groups is 4. The second-order valence-electron chi connectivity index (χ2n) is 6.87. The number of amides is 2. The van der Waals surface area contributed by atoms with Gasteiger partial charge in [0.05, 0.1) is 6.26 Å². The first-order valence-electron chi connectivity index (χ1n) is 9.55. The second-order valence-corrected chi connectivity index (χ2v) is 9.81. The number of nitrogens with one attached hydrogen (secondary N) is 1. The number of nitrogens with two attached hydrogens (primary N) is 1. The van der Waals surface area contributed by atoms with Gasteiger partial charge in [-0.3, -0.25) is 19.3 Å². The largest absolute Gasteiger partial charge is 0.477 e. The highest BCUT2D eigenvalue weighted by atomic mass is 32.2. The van der Waals surface area contributed by atoms with Gasteiger partial charge in [-0.15, -0.1) is 23.1 Å². The molecule has 2 aromatic rings. The first-order chi connectivity index (χ1) is 16.3. The Morgan fingerprint density at radius 3 is 2.88 bits per heavy atom. The number of thioether (sulfide) groups is 2. The Bertz CT molecular complexity index is 1210. The van der Waals surface area contributed by atoms with Crippen LogP contribution in [0.2, 0.25) is 0 Å². The third-order valence-corrected chi connectivity index (χ3v) is 7.77. The Balaban J connectivity index is 1.47. The van der Waals surface area contributed by atoms with Crippen molar-refractivity contribution in [1.82, 2.24) is 15.2 Å². The number of nitrogens with zero attached hydrogens (tertiary/aromatic N) is 3. The van der Waals surface area contributed by atoms with Crippen LogP contribution in [0.3, 0.4) is 0 Å². The number of β-lactam (4-membered cyclic amide) rings is 1. The lowest BCUT2D eigenvalue weighted by Crippen LogP contribution is -2.71. The summed E-state index contributed by atoms with van der Waals surface area (Å²) in [5.74, 6) is -2.08. The lowest BCUT2D eigenvalue weighted by atomic mass is 10.0. The first-order valence-corrected chi connectivity index (χ1v) is 12.5. The standard InChI is InChI=1S/C19H17N5O7S3/c1-30-23-11(9-7-34-19(20)21-9)14(25)22-12-15(26)24-13(17(27)28)8(5-32-16(12)24)6-33-18(29)10-3-2-4-31-10/h2-4,7,12,16H,5-6H2,1H3,(H2,20,21)(H,22,25)(H,27,28)/b23-11-. The predicted octanol–water partition coefficient (Wildman–Crippen LogP) is 0.981. The zero-order valence-corrected chi connectivity index (χ0v) is 19.9. The minimum Gasteiger partial charge on any atom is -0.477 e. The Labute approximate surface area is 204 Å². The molecule has 0 aliphatic carbocycles. The van der Waals surface area contributed by atoms with Crippen molar-refractivity contribution in [3.8, 4) is 0 Å². The summed E-state index contributed by atoms with van der Waals surface area (Å²) in [5.41, 5.74) is 5.89. The maximum Gasteiger partial charge on any atom is 0.352 e. The lowest BCUT2D eigenvalue weighted by molar-refractivity contribution is -0.150. The molecular formula is C19H17N5O7S3. The maximum absolute atomic E-state index is 12.8. The summed E-state index contributed by atoms with van der Waals surface area (Å²) >= 11 is 3.29. The Morgan fingerprint density at radius 2 is 2.26 bits per heavy atom. The molecule has 0 radical (unpaired) electrons. The van der Waals surface area contributed by atoms with E-state index >= 15 is 0 Å². The van der Waals surface area contributed by atoms with Crippen molar-refractivity contribution in [3.63, 3.8) is 0 Å². The molecule has 12 nitrogen and oxygen atoms in total. The van der Waals surface area contributed by atoms with E-state index in [9.17, 15) is 24.3 Å². The van der Waals surface area contributed by atoms with Gasteiger partial charge < -0.3 is 25.4 Å². The van der Waals surface area contributed by atoms with Gasteiger partial charge in [-0.05, 0) is 17.7 Å². The van der Waals surface area contributed by atoms with Crippen LogP contribution >= 0.6 is 34.9 Å². The number of carbonyl (C=O) groups excluding carboxylic acids is 3. The van der Waals surface area contributed by atoms with E-state index in [4.69, 9.17) is 15.0 Å². The fourth-order valence-electron chi connectivity index (χ4n) is 3.31. The van der Waals surface area contributed by atoms with Crippen molar-refractivity contribution in [3.05, 3.63) is 46.5 Å². The molecule has 0 aromatic carbocycles. The summed E-state index contributed by atoms with van der Waals surface area (Å²) < 4.78 is 5.05. The number of anilines is 1. The van der Waals surface area contributed by atoms with Crippen LogP contribution in [0.4, 0.5) is 5.13 Å². The summed E-state index contributed by atoms with van der Waals surface area (Å²) in [5, 5.41) is 16.8. The van der Waals surface area contributed by atoms with Crippen LogP contribution in [0.5, 0.6) is 0 Å². The second kappa shape index (κ2) is 9.90. The summed E-state index contributed by atoms with van der Waals surface area (Å²) in [4.78, 5) is 59.6. The third kappa shape index (κ3) is 4.53. The van der Waals surface area contributed by atoms with Crippen molar-refractivity contribution in [2.24, 2.45) is 5.16 Å². The number of carboxylic acid groups (broad SMARTS) is 1. The van der Waals surface area contributed by atoms with Crippen LogP contribution in [-0.2, 0) is 19.2 Å². The number of hydrogen-bond acceptors (Lipinski definition) is 12. The molecule has 4 N–H and O–H groups in total. The van der Waals surface area contributed by atoms with Crippen molar-refractivity contribution < 1.29 is 33.5 Å². The average Bonchev–Trinajstić information content (AvgIpc) is 3.50. The fourth-order valence-corrected chi connectivity index (χ4v) is 6.14. The number of rotatable bonds is 8. The van der Waals surface area contributed by atoms with Gasteiger partial charge in [-0.1, -0.05) is 16.9 Å². The highest BCUT2D eigenvalue weighted by molar-refractivity contribution is 8.14. The molecule has 0 saturated carbocycles. The van der Waals surface area contributed by atoms with Crippen LogP contribution in [-0.4, -0.2) is 73.6 Å². The number of aliphatic carboxylic acids is 1. The van der Waals surface area contributed by atoms with Crippen LogP contribution < -0.4 is 11.1 Å². The zero-order chi connectivity index (χ0) is 24.4. The molecule has 2 atom stereocenters. The molecule has 2 aromatic heterocycles. The van der Waals surface area contributed by atoms with E-state index in [2.05, 4.69) is 15.5 Å². The molecule has 2 aliphatic rings. The van der Waals surface area contributed by atoms with Gasteiger partial charge in [0.15, 0.2) is 16.6 Å². The van der Waals surface area contributed by atoms with Crippen molar-refractivity contribution in [1.29, 1.82) is 0 Å². The lowest BCUT2D eigenvalue weighted by Gasteiger charge is -2.49. The number of oxime groups is 1. The van der Waals surface area contributed by atoms with Gasteiger partial charge in [-0.2, -0.15) is 0 Å². The molecule has 2 amide bonds. The van der Waals surface area contributed by atoms with Crippen molar-refractivity contribution >= 4 is 68.6 Å². The Morgan fingerprint density at radius 1 is 1.47 bits per heavy atom. The Hall–Kier alpha value is -3.30. The predicted molar refractivity (Wildman–Crippen MR) is 125 cm³/mol. The maximum atomic E-state index is 12.8. The number of nitrogen functional groups attached to an aromatic ring is 1. The van der Waals surface area contributed by atoms with E-state index in [1.165, 1.54) is 36.6 Å². The smallest absolute Gasteiger partial charge is 0.352 e. The number of furan rings is 1. The van der Waals surface area contributed by atoms with Crippen LogP contribution in [0.1, 0.15) is 16.2 Å². The molecule has 4 heterocycles. The van der Waals surface area contributed by atoms with Gasteiger partial charge in [0.1, 0.15) is 29.9 Å². The van der Waals surface area contributed by atoms with Crippen molar-refractivity contribution in [2.75, 3.05) is 24.3 Å². The number of fused-ring (bicyclic) bond motifs is 1. The summed E-state index contributed by atoms with van der Waals surface area (Å²) in [6.45, 7) is 0. The summed E-state index contributed by atoms with van der Waals surface area (Å²) in [7, 11) is 1.26. The van der Waals surface area contributed by atoms with Gasteiger partial charge in [0.2, 0.25) is 0 Å². The molecular weight excluding hydrogens is 506 g/mol. The molecule has 2 aliphatic heterocycles. The highest BCUT2D eigenvalue weighted by Gasteiger charge is 2.54. The van der Waals surface area contributed by atoms with E-state index in [1.807, 2.05) is 0 Å². The van der Waals surface area contributed by atoms with Crippen LogP contribution in [0.25, 0.3) is 0 Å². The average molecular weight is 524 g/mol. The minimum atomic E-state index is -1.29. The van der Waals surface area contributed by atoms with Gasteiger partial charge in [0, 0.05) is 16.9 Å². The molecule has 34 heavy (non-hydrogen) atoms. The molecule has 1 saturated heterocycles. The van der Waals surface area contributed by atoms with E-state index in [0.717, 1.165) is 28.0 Å². The van der Waals surface area contributed by atoms with Gasteiger partial charge >= 0.3 is 5.97 Å². The molecule has 2 unspecified atom stereocenters. The monoisotopic (exact) mass is 523 g/mol. The molecule has 178 valence electrons. The van der Waals surface area contributed by atoms with E-state index in [0.29, 0.717) is 5.57 Å². The van der Waals surface area contributed by atoms with Crippen molar-refractivity contribution in [2.45, 2.75) is 11.4 Å². The molecule has 15 heteroatoms. The molecule has 1 fully saturated rings. The third-order valence-electron chi connectivity index (χ3n) is 4.80. The fraction of sp³-hybridized carbons (Fsp3) is 0.263. The number of aromatic nitrogens is 1. The number of thiazole rings is 1. The van der Waals surface area contributed by atoms with E-state index < -0.39 is 29.2 Å². The van der Waals surface area contributed by atoms with Gasteiger partial charge in [-0.25, -0.2) is 9.78 Å². The SMILES string of the molecule is CO/N=C(\C(=O)NC1C(=O)N2C(C(=O)O)=C(CSC(=O)c3ccco3)CSC12)c1csc(N)n1. The quantitative estimate of drug-likeness (QED) is 0.255. The normalized spacial score (nSPS) is 20.0. The highest BCUT2D eigenvalue weighted by Crippen LogP contribution is 2.41. The molecule has 4 rings (SSSR count). The van der Waals surface area contributed by atoms with Crippen LogP contribution in [0, 0.1) is 0 Å². The summed E-state index contributed by atoms with van der Waals surface area (Å²) in [6, 6.07) is 2.13. The topological polar surface area (TPSA) is 177 Å². The number of carboxylic acids is 1. The zero-order valence-electron chi connectivity index (χ0n) is 17.4. The first kappa shape index (κ1) is 23.8. The van der Waals surface area contributed by atoms with E-state index in [-0.39, 0.29) is 44.6 Å². The molecule has 0 bridgehead atoms. The minimum absolute atomic E-state index is 0.0809.